The van der Waals surface area contributed by atoms with E-state index in [4.69, 9.17) is 4.74 Å². The Labute approximate surface area is 212 Å². The van der Waals surface area contributed by atoms with Gasteiger partial charge in [-0.25, -0.2) is 4.98 Å². The monoisotopic (exact) mass is 496 g/mol. The maximum atomic E-state index is 13.5. The summed E-state index contributed by atoms with van der Waals surface area (Å²) in [4.78, 5) is 30.9. The van der Waals surface area contributed by atoms with Crippen LogP contribution >= 0.6 is 11.8 Å². The molecule has 0 saturated heterocycles. The van der Waals surface area contributed by atoms with Crippen LogP contribution in [0.5, 0.6) is 11.5 Å². The molecule has 8 heteroatoms. The average molecular weight is 497 g/mol. The molecule has 0 spiro atoms. The summed E-state index contributed by atoms with van der Waals surface area (Å²) in [6.07, 6.45) is 1.88. The number of para-hydroxylation sites is 2. The van der Waals surface area contributed by atoms with E-state index in [1.165, 1.54) is 16.3 Å². The summed E-state index contributed by atoms with van der Waals surface area (Å²) in [6, 6.07) is 26.0. The summed E-state index contributed by atoms with van der Waals surface area (Å²) in [6.45, 7) is 1.76. The molecule has 0 aliphatic heterocycles. The number of carbonyl (C=O) groups is 1. The van der Waals surface area contributed by atoms with Crippen molar-refractivity contribution in [1.29, 1.82) is 5.26 Å². The summed E-state index contributed by atoms with van der Waals surface area (Å²) in [5.74, 6) is 1.30. The third kappa shape index (κ3) is 4.97. The molecule has 180 valence electrons. The quantitative estimate of drug-likeness (QED) is 0.270. The zero-order chi connectivity index (χ0) is 25.1. The van der Waals surface area contributed by atoms with Crippen molar-refractivity contribution >= 4 is 28.6 Å². The van der Waals surface area contributed by atoms with Gasteiger partial charge in [0.1, 0.15) is 17.0 Å². The molecule has 1 amide bonds. The molecule has 5 rings (SSSR count). The van der Waals surface area contributed by atoms with Crippen molar-refractivity contribution in [3.8, 4) is 23.3 Å². The Bertz CT molecular complexity index is 1510. The Kier molecular flexibility index (Phi) is 6.49. The lowest BCUT2D eigenvalue weighted by molar-refractivity contribution is -0.119. The van der Waals surface area contributed by atoms with Crippen LogP contribution in [-0.4, -0.2) is 26.8 Å². The van der Waals surface area contributed by atoms with Crippen LogP contribution in [-0.2, 0) is 4.79 Å². The Morgan fingerprint density at radius 3 is 2.44 bits per heavy atom. The van der Waals surface area contributed by atoms with Crippen LogP contribution < -0.4 is 15.6 Å². The standard InChI is InChI=1S/C28H24N4O3S/c1-28(18-29,19-11-12-19)31-25(33)17-36-27-30-24-10-6-5-9-23(24)26(34)32(27)20-13-15-22(16-14-20)35-21-7-3-2-4-8-21/h2-10,13-16,19H,11-12,17H2,1H3,(H,31,33). The molecule has 1 aromatic heterocycles. The fourth-order valence-corrected chi connectivity index (χ4v) is 4.88. The van der Waals surface area contributed by atoms with Crippen LogP contribution in [0.3, 0.4) is 0 Å². The Morgan fingerprint density at radius 1 is 1.08 bits per heavy atom. The van der Waals surface area contributed by atoms with Crippen molar-refractivity contribution in [2.24, 2.45) is 5.92 Å². The van der Waals surface area contributed by atoms with Crippen LogP contribution in [0.1, 0.15) is 19.8 Å². The van der Waals surface area contributed by atoms with Gasteiger partial charge in [-0.15, -0.1) is 0 Å². The molecule has 1 N–H and O–H groups in total. The maximum absolute atomic E-state index is 13.5. The summed E-state index contributed by atoms with van der Waals surface area (Å²) in [5, 5.41) is 13.3. The van der Waals surface area contributed by atoms with Gasteiger partial charge in [-0.3, -0.25) is 14.2 Å². The van der Waals surface area contributed by atoms with Crippen molar-refractivity contribution in [2.45, 2.75) is 30.5 Å². The highest BCUT2D eigenvalue weighted by Gasteiger charge is 2.43. The second-order valence-electron chi connectivity index (χ2n) is 8.89. The van der Waals surface area contributed by atoms with Gasteiger partial charge >= 0.3 is 0 Å². The highest BCUT2D eigenvalue weighted by atomic mass is 32.2. The molecule has 1 fully saturated rings. The molecule has 1 atom stereocenters. The molecule has 36 heavy (non-hydrogen) atoms. The van der Waals surface area contributed by atoms with E-state index in [0.717, 1.165) is 12.8 Å². The molecule has 0 radical (unpaired) electrons. The molecule has 1 unspecified atom stereocenters. The zero-order valence-corrected chi connectivity index (χ0v) is 20.5. The number of nitrogens with zero attached hydrogens (tertiary/aromatic N) is 3. The Morgan fingerprint density at radius 2 is 1.75 bits per heavy atom. The van der Waals surface area contributed by atoms with E-state index in [0.29, 0.717) is 33.2 Å². The van der Waals surface area contributed by atoms with Gasteiger partial charge in [-0.05, 0) is 74.2 Å². The fourth-order valence-electron chi connectivity index (χ4n) is 4.06. The molecule has 1 heterocycles. The summed E-state index contributed by atoms with van der Waals surface area (Å²) in [5.41, 5.74) is 0.0786. The van der Waals surface area contributed by atoms with Crippen molar-refractivity contribution in [3.63, 3.8) is 0 Å². The van der Waals surface area contributed by atoms with Crippen LogP contribution in [0.4, 0.5) is 0 Å². The number of hydrogen-bond acceptors (Lipinski definition) is 6. The van der Waals surface area contributed by atoms with Crippen molar-refractivity contribution in [3.05, 3.63) is 89.2 Å². The number of nitrogens with one attached hydrogen (secondary N) is 1. The van der Waals surface area contributed by atoms with Crippen LogP contribution in [0, 0.1) is 17.2 Å². The zero-order valence-electron chi connectivity index (χ0n) is 19.7. The number of fused-ring (bicyclic) bond motifs is 1. The first-order chi connectivity index (χ1) is 17.5. The van der Waals surface area contributed by atoms with Gasteiger partial charge in [-0.2, -0.15) is 5.26 Å². The molecule has 1 aliphatic rings. The number of ether oxygens (including phenoxy) is 1. The minimum absolute atomic E-state index is 0.0317. The minimum atomic E-state index is -0.872. The number of thioether (sulfide) groups is 1. The van der Waals surface area contributed by atoms with E-state index >= 15 is 0 Å². The number of hydrogen-bond donors (Lipinski definition) is 1. The lowest BCUT2D eigenvalue weighted by Crippen LogP contribution is -2.47. The third-order valence-electron chi connectivity index (χ3n) is 6.18. The highest BCUT2D eigenvalue weighted by Crippen LogP contribution is 2.39. The van der Waals surface area contributed by atoms with E-state index in [1.54, 1.807) is 49.4 Å². The number of aromatic nitrogens is 2. The molecular weight excluding hydrogens is 472 g/mol. The summed E-state index contributed by atoms with van der Waals surface area (Å²) in [7, 11) is 0. The van der Waals surface area contributed by atoms with Crippen molar-refractivity contribution in [1.82, 2.24) is 14.9 Å². The molecule has 7 nitrogen and oxygen atoms in total. The first-order valence-corrected chi connectivity index (χ1v) is 12.7. The SMILES string of the molecule is CC(C#N)(NC(=O)CSc1nc2ccccc2c(=O)n1-c1ccc(Oc2ccccc2)cc1)C1CC1. The number of carbonyl (C=O) groups excluding carboxylic acids is 1. The average Bonchev–Trinajstić information content (AvgIpc) is 3.75. The second kappa shape index (κ2) is 9.88. The van der Waals surface area contributed by atoms with Crippen molar-refractivity contribution in [2.75, 3.05) is 5.75 Å². The summed E-state index contributed by atoms with van der Waals surface area (Å²) < 4.78 is 7.38. The molecule has 1 aliphatic carbocycles. The normalized spacial score (nSPS) is 14.6. The van der Waals surface area contributed by atoms with Crippen LogP contribution in [0.25, 0.3) is 16.6 Å². The van der Waals surface area contributed by atoms with Gasteiger partial charge in [0.15, 0.2) is 5.16 Å². The predicted octanol–water partition coefficient (Wildman–Crippen LogP) is 5.08. The van der Waals surface area contributed by atoms with Gasteiger partial charge in [0.2, 0.25) is 5.91 Å². The lowest BCUT2D eigenvalue weighted by Gasteiger charge is -2.22. The summed E-state index contributed by atoms with van der Waals surface area (Å²) >= 11 is 1.17. The van der Waals surface area contributed by atoms with E-state index in [9.17, 15) is 14.9 Å². The first-order valence-electron chi connectivity index (χ1n) is 11.7. The van der Waals surface area contributed by atoms with E-state index in [2.05, 4.69) is 16.4 Å². The maximum Gasteiger partial charge on any atom is 0.266 e. The molecule has 3 aromatic carbocycles. The van der Waals surface area contributed by atoms with Gasteiger partial charge in [0, 0.05) is 0 Å². The van der Waals surface area contributed by atoms with Gasteiger partial charge in [-0.1, -0.05) is 42.1 Å². The lowest BCUT2D eigenvalue weighted by atomic mass is 9.98. The predicted molar refractivity (Wildman–Crippen MR) is 139 cm³/mol. The second-order valence-corrected chi connectivity index (χ2v) is 9.83. The Balaban J connectivity index is 1.43. The fraction of sp³-hybridized carbons (Fsp3) is 0.214. The van der Waals surface area contributed by atoms with E-state index in [1.807, 2.05) is 36.4 Å². The molecule has 1 saturated carbocycles. The van der Waals surface area contributed by atoms with E-state index < -0.39 is 5.54 Å². The van der Waals surface area contributed by atoms with Crippen molar-refractivity contribution < 1.29 is 9.53 Å². The molecule has 4 aromatic rings. The smallest absolute Gasteiger partial charge is 0.266 e. The Hall–Kier alpha value is -4.09. The number of benzene rings is 3. The van der Waals surface area contributed by atoms with Crippen LogP contribution in [0.2, 0.25) is 0 Å². The minimum Gasteiger partial charge on any atom is -0.457 e. The highest BCUT2D eigenvalue weighted by molar-refractivity contribution is 7.99. The third-order valence-corrected chi connectivity index (χ3v) is 7.11. The van der Waals surface area contributed by atoms with Gasteiger partial charge < -0.3 is 10.1 Å². The van der Waals surface area contributed by atoms with Gasteiger partial charge in [0.05, 0.1) is 28.4 Å². The first kappa shape index (κ1) is 23.6. The van der Waals surface area contributed by atoms with E-state index in [-0.39, 0.29) is 23.1 Å². The number of rotatable bonds is 8. The molecular formula is C28H24N4O3S. The van der Waals surface area contributed by atoms with Crippen LogP contribution in [0.15, 0.2) is 88.8 Å². The van der Waals surface area contributed by atoms with Gasteiger partial charge in [0.25, 0.3) is 5.56 Å². The largest absolute Gasteiger partial charge is 0.457 e. The topological polar surface area (TPSA) is 97.0 Å². The molecule has 0 bridgehead atoms. The number of nitriles is 1. The number of amides is 1.